The Kier molecular flexibility index (Phi) is 2.63. The minimum atomic E-state index is -0.164. The van der Waals surface area contributed by atoms with Crippen LogP contribution in [-0.2, 0) is 11.2 Å². The molecule has 0 saturated heterocycles. The monoisotopic (exact) mass is 179 g/mol. The van der Waals surface area contributed by atoms with Gasteiger partial charge in [-0.15, -0.1) is 0 Å². The molecule has 0 saturated carbocycles. The fourth-order valence-electron chi connectivity index (χ4n) is 0.933. The number of allylic oxidation sites excluding steroid dienone is 1. The SMILES string of the molecule is CC(C)(C)C(=C=O)Cc1nc[nH]n1. The van der Waals surface area contributed by atoms with Crippen molar-refractivity contribution in [2.75, 3.05) is 0 Å². The van der Waals surface area contributed by atoms with Gasteiger partial charge in [-0.25, -0.2) is 9.78 Å². The average Bonchev–Trinajstić information content (AvgIpc) is 2.49. The molecule has 4 heteroatoms. The lowest BCUT2D eigenvalue weighted by molar-refractivity contribution is 0.483. The lowest BCUT2D eigenvalue weighted by Gasteiger charge is -2.17. The maximum atomic E-state index is 10.7. The molecule has 1 heterocycles. The summed E-state index contributed by atoms with van der Waals surface area (Å²) < 4.78 is 0. The first kappa shape index (κ1) is 9.68. The smallest absolute Gasteiger partial charge is 0.155 e. The molecule has 0 aromatic carbocycles. The van der Waals surface area contributed by atoms with E-state index < -0.39 is 0 Å². The molecule has 0 amide bonds. The van der Waals surface area contributed by atoms with E-state index in [1.54, 1.807) is 0 Å². The minimum Gasteiger partial charge on any atom is -0.266 e. The van der Waals surface area contributed by atoms with Crippen molar-refractivity contribution < 1.29 is 4.79 Å². The Hall–Kier alpha value is -1.41. The molecule has 0 radical (unpaired) electrons. The predicted molar refractivity (Wildman–Crippen MR) is 48.7 cm³/mol. The van der Waals surface area contributed by atoms with Crippen LogP contribution in [0, 0.1) is 5.41 Å². The third-order valence-corrected chi connectivity index (χ3v) is 1.83. The van der Waals surface area contributed by atoms with Crippen molar-refractivity contribution in [2.24, 2.45) is 5.41 Å². The van der Waals surface area contributed by atoms with E-state index in [0.29, 0.717) is 17.8 Å². The van der Waals surface area contributed by atoms with Crippen molar-refractivity contribution in [1.82, 2.24) is 15.2 Å². The van der Waals surface area contributed by atoms with E-state index in [1.807, 2.05) is 26.7 Å². The molecule has 0 aliphatic heterocycles. The molecule has 0 spiro atoms. The van der Waals surface area contributed by atoms with Crippen LogP contribution in [0.5, 0.6) is 0 Å². The Morgan fingerprint density at radius 3 is 2.69 bits per heavy atom. The Bertz CT molecular complexity index is 315. The van der Waals surface area contributed by atoms with E-state index in [2.05, 4.69) is 15.2 Å². The van der Waals surface area contributed by atoms with Crippen LogP contribution in [0.3, 0.4) is 0 Å². The second-order valence-electron chi connectivity index (χ2n) is 3.92. The number of aromatic nitrogens is 3. The number of carbonyl (C=O) groups excluding carboxylic acids is 1. The molecule has 4 nitrogen and oxygen atoms in total. The van der Waals surface area contributed by atoms with Gasteiger partial charge in [0.2, 0.25) is 0 Å². The molecule has 0 aliphatic carbocycles. The molecular formula is C9H13N3O. The Morgan fingerprint density at radius 1 is 1.62 bits per heavy atom. The standard InChI is InChI=1S/C9H13N3O/c1-9(2,3)7(5-13)4-8-10-6-11-12-8/h6H,4H2,1-3H3,(H,10,11,12). The van der Waals surface area contributed by atoms with Gasteiger partial charge >= 0.3 is 0 Å². The topological polar surface area (TPSA) is 58.6 Å². The van der Waals surface area contributed by atoms with Crippen molar-refractivity contribution in [2.45, 2.75) is 27.2 Å². The van der Waals surface area contributed by atoms with Gasteiger partial charge in [-0.1, -0.05) is 20.8 Å². The fraction of sp³-hybridized carbons (Fsp3) is 0.556. The summed E-state index contributed by atoms with van der Waals surface area (Å²) in [6.07, 6.45) is 1.97. The molecule has 13 heavy (non-hydrogen) atoms. The quantitative estimate of drug-likeness (QED) is 0.693. The maximum Gasteiger partial charge on any atom is 0.155 e. The highest BCUT2D eigenvalue weighted by Crippen LogP contribution is 2.24. The van der Waals surface area contributed by atoms with Crippen molar-refractivity contribution >= 4 is 5.94 Å². The Labute approximate surface area is 77.1 Å². The van der Waals surface area contributed by atoms with Crippen LogP contribution in [0.25, 0.3) is 0 Å². The number of nitrogens with zero attached hydrogens (tertiary/aromatic N) is 2. The summed E-state index contributed by atoms with van der Waals surface area (Å²) in [7, 11) is 0. The van der Waals surface area contributed by atoms with Gasteiger partial charge in [0.25, 0.3) is 0 Å². The lowest BCUT2D eigenvalue weighted by Crippen LogP contribution is -2.13. The van der Waals surface area contributed by atoms with Gasteiger partial charge in [0.05, 0.1) is 0 Å². The highest BCUT2D eigenvalue weighted by Gasteiger charge is 2.19. The molecule has 1 aromatic rings. The molecule has 70 valence electrons. The van der Waals surface area contributed by atoms with Crippen molar-refractivity contribution in [3.05, 3.63) is 17.7 Å². The highest BCUT2D eigenvalue weighted by atomic mass is 16.1. The van der Waals surface area contributed by atoms with E-state index in [9.17, 15) is 4.79 Å². The van der Waals surface area contributed by atoms with Gasteiger partial charge < -0.3 is 0 Å². The van der Waals surface area contributed by atoms with Crippen molar-refractivity contribution in [1.29, 1.82) is 0 Å². The second kappa shape index (κ2) is 3.54. The Balaban J connectivity index is 2.79. The predicted octanol–water partition coefficient (Wildman–Crippen LogP) is 1.15. The summed E-state index contributed by atoms with van der Waals surface area (Å²) in [5.74, 6) is 2.59. The second-order valence-corrected chi connectivity index (χ2v) is 3.92. The number of H-pyrrole nitrogens is 1. The minimum absolute atomic E-state index is 0.164. The molecule has 1 aromatic heterocycles. The molecule has 0 atom stereocenters. The van der Waals surface area contributed by atoms with E-state index >= 15 is 0 Å². The largest absolute Gasteiger partial charge is 0.266 e. The van der Waals surface area contributed by atoms with E-state index in [1.165, 1.54) is 6.33 Å². The van der Waals surface area contributed by atoms with Crippen LogP contribution in [-0.4, -0.2) is 21.1 Å². The van der Waals surface area contributed by atoms with E-state index in [-0.39, 0.29) is 5.41 Å². The molecule has 0 fully saturated rings. The zero-order chi connectivity index (χ0) is 9.90. The number of hydrogen-bond donors (Lipinski definition) is 1. The number of rotatable bonds is 2. The number of aromatic amines is 1. The average molecular weight is 179 g/mol. The summed E-state index contributed by atoms with van der Waals surface area (Å²) in [5, 5.41) is 6.49. The molecule has 0 bridgehead atoms. The first-order valence-corrected chi connectivity index (χ1v) is 4.13. The first-order valence-electron chi connectivity index (χ1n) is 4.13. The van der Waals surface area contributed by atoms with Crippen LogP contribution in [0.2, 0.25) is 0 Å². The van der Waals surface area contributed by atoms with Crippen LogP contribution >= 0.6 is 0 Å². The number of hydrogen-bond acceptors (Lipinski definition) is 3. The first-order chi connectivity index (χ1) is 6.04. The zero-order valence-corrected chi connectivity index (χ0v) is 8.09. The fourth-order valence-corrected chi connectivity index (χ4v) is 0.933. The third kappa shape index (κ3) is 2.53. The molecular weight excluding hydrogens is 166 g/mol. The van der Waals surface area contributed by atoms with Crippen LogP contribution in [0.1, 0.15) is 26.6 Å². The van der Waals surface area contributed by atoms with Crippen molar-refractivity contribution in [3.8, 4) is 0 Å². The molecule has 0 aliphatic rings. The van der Waals surface area contributed by atoms with Gasteiger partial charge in [-0.2, -0.15) is 5.10 Å². The Morgan fingerprint density at radius 2 is 2.31 bits per heavy atom. The van der Waals surface area contributed by atoms with Crippen LogP contribution < -0.4 is 0 Å². The molecule has 1 rings (SSSR count). The third-order valence-electron chi connectivity index (χ3n) is 1.83. The molecule has 1 N–H and O–H groups in total. The van der Waals surface area contributed by atoms with Crippen LogP contribution in [0.4, 0.5) is 0 Å². The number of nitrogens with one attached hydrogen (secondary N) is 1. The molecule has 0 unspecified atom stereocenters. The highest BCUT2D eigenvalue weighted by molar-refractivity contribution is 5.55. The van der Waals surface area contributed by atoms with Gasteiger partial charge in [-0.3, -0.25) is 5.10 Å². The van der Waals surface area contributed by atoms with Crippen LogP contribution in [0.15, 0.2) is 11.9 Å². The zero-order valence-electron chi connectivity index (χ0n) is 8.09. The normalized spacial score (nSPS) is 11.0. The van der Waals surface area contributed by atoms with Gasteiger partial charge in [0.1, 0.15) is 12.3 Å². The summed E-state index contributed by atoms with van der Waals surface area (Å²) in [5.41, 5.74) is 0.523. The summed E-state index contributed by atoms with van der Waals surface area (Å²) >= 11 is 0. The van der Waals surface area contributed by atoms with Gasteiger partial charge in [0.15, 0.2) is 5.82 Å². The lowest BCUT2D eigenvalue weighted by atomic mass is 9.85. The summed E-state index contributed by atoms with van der Waals surface area (Å²) in [4.78, 5) is 14.6. The van der Waals surface area contributed by atoms with Crippen molar-refractivity contribution in [3.63, 3.8) is 0 Å². The van der Waals surface area contributed by atoms with E-state index in [0.717, 1.165) is 0 Å². The van der Waals surface area contributed by atoms with E-state index in [4.69, 9.17) is 0 Å². The maximum absolute atomic E-state index is 10.7. The summed E-state index contributed by atoms with van der Waals surface area (Å²) in [6, 6.07) is 0. The van der Waals surface area contributed by atoms with Gasteiger partial charge in [0, 0.05) is 12.0 Å². The van der Waals surface area contributed by atoms with Gasteiger partial charge in [-0.05, 0) is 5.41 Å². The summed E-state index contributed by atoms with van der Waals surface area (Å²) in [6.45, 7) is 5.92.